The van der Waals surface area contributed by atoms with Crippen molar-refractivity contribution in [1.82, 2.24) is 4.72 Å². The van der Waals surface area contributed by atoms with Crippen LogP contribution in [0, 0.1) is 0 Å². The molecule has 1 aliphatic rings. The van der Waals surface area contributed by atoms with Crippen LogP contribution >= 0.6 is 11.3 Å². The summed E-state index contributed by atoms with van der Waals surface area (Å²) < 4.78 is 26.7. The van der Waals surface area contributed by atoms with Crippen molar-refractivity contribution in [3.8, 4) is 0 Å². The lowest BCUT2D eigenvalue weighted by Crippen LogP contribution is -2.45. The van der Waals surface area contributed by atoms with E-state index in [0.29, 0.717) is 12.8 Å². The van der Waals surface area contributed by atoms with Gasteiger partial charge in [-0.05, 0) is 24.3 Å². The second-order valence-electron chi connectivity index (χ2n) is 4.50. The van der Waals surface area contributed by atoms with Gasteiger partial charge >= 0.3 is 5.97 Å². The first-order chi connectivity index (χ1) is 8.92. The monoisotopic (exact) mass is 305 g/mol. The molecule has 106 valence electrons. The lowest BCUT2D eigenvalue weighted by Gasteiger charge is -2.27. The van der Waals surface area contributed by atoms with Crippen molar-refractivity contribution in [3.63, 3.8) is 0 Å². The molecule has 2 rings (SSSR count). The highest BCUT2D eigenvalue weighted by Crippen LogP contribution is 2.24. The third-order valence-electron chi connectivity index (χ3n) is 3.15. The minimum atomic E-state index is -3.91. The molecule has 1 fully saturated rings. The van der Waals surface area contributed by atoms with Crippen molar-refractivity contribution in [3.05, 3.63) is 16.3 Å². The smallest absolute Gasteiger partial charge is 0.347 e. The molecule has 0 spiro atoms. The van der Waals surface area contributed by atoms with Crippen molar-refractivity contribution in [1.29, 1.82) is 0 Å². The zero-order chi connectivity index (χ0) is 14.0. The Morgan fingerprint density at radius 3 is 2.68 bits per heavy atom. The average molecular weight is 305 g/mol. The number of carboxylic acids is 1. The third kappa shape index (κ3) is 3.14. The zero-order valence-corrected chi connectivity index (χ0v) is 11.7. The van der Waals surface area contributed by atoms with Gasteiger partial charge in [0.25, 0.3) is 0 Å². The second kappa shape index (κ2) is 5.58. The number of sulfonamides is 1. The van der Waals surface area contributed by atoms with Crippen LogP contribution < -0.4 is 4.72 Å². The number of carboxylic acid groups (broad SMARTS) is 1. The van der Waals surface area contributed by atoms with Gasteiger partial charge in [0.05, 0.1) is 6.10 Å². The van der Waals surface area contributed by atoms with Crippen LogP contribution in [0.5, 0.6) is 0 Å². The standard InChI is InChI=1S/C11H15NO5S2/c13-8-4-2-1-3-7(8)12-19(16,17)9-5-6-18-10(9)11(14)15/h5-8,12-13H,1-4H2,(H,14,15). The summed E-state index contributed by atoms with van der Waals surface area (Å²) in [5.41, 5.74) is 0. The van der Waals surface area contributed by atoms with Crippen LogP contribution in [0.4, 0.5) is 0 Å². The lowest BCUT2D eigenvalue weighted by molar-refractivity contribution is 0.0698. The van der Waals surface area contributed by atoms with E-state index in [0.717, 1.165) is 24.2 Å². The number of rotatable bonds is 4. The molecular formula is C11H15NO5S2. The summed E-state index contributed by atoms with van der Waals surface area (Å²) in [5.74, 6) is -1.26. The summed E-state index contributed by atoms with van der Waals surface area (Å²) in [7, 11) is -3.91. The van der Waals surface area contributed by atoms with Crippen LogP contribution in [0.1, 0.15) is 35.4 Å². The molecule has 0 amide bonds. The van der Waals surface area contributed by atoms with Gasteiger partial charge in [0.1, 0.15) is 9.77 Å². The fourth-order valence-corrected chi connectivity index (χ4v) is 4.74. The first-order valence-electron chi connectivity index (χ1n) is 5.93. The number of carbonyl (C=O) groups is 1. The first kappa shape index (κ1) is 14.4. The molecule has 0 bridgehead atoms. The molecule has 1 aliphatic carbocycles. The summed E-state index contributed by atoms with van der Waals surface area (Å²) in [4.78, 5) is 10.5. The number of aliphatic hydroxyl groups excluding tert-OH is 1. The van der Waals surface area contributed by atoms with Crippen molar-refractivity contribution in [2.75, 3.05) is 0 Å². The predicted octanol–water partition coefficient (Wildman–Crippen LogP) is 1.03. The Morgan fingerprint density at radius 1 is 1.37 bits per heavy atom. The quantitative estimate of drug-likeness (QED) is 0.770. The molecule has 1 heterocycles. The van der Waals surface area contributed by atoms with Crippen LogP contribution in [0.3, 0.4) is 0 Å². The van der Waals surface area contributed by atoms with Gasteiger partial charge in [-0.25, -0.2) is 17.9 Å². The number of aromatic carboxylic acids is 1. The van der Waals surface area contributed by atoms with E-state index < -0.39 is 28.1 Å². The number of hydrogen-bond donors (Lipinski definition) is 3. The molecule has 0 aromatic carbocycles. The van der Waals surface area contributed by atoms with E-state index in [1.54, 1.807) is 0 Å². The summed E-state index contributed by atoms with van der Waals surface area (Å²) in [6.45, 7) is 0. The van der Waals surface area contributed by atoms with Crippen molar-refractivity contribution < 1.29 is 23.4 Å². The van der Waals surface area contributed by atoms with Crippen molar-refractivity contribution >= 4 is 27.3 Å². The molecule has 8 heteroatoms. The molecule has 1 saturated carbocycles. The minimum Gasteiger partial charge on any atom is -0.477 e. The fourth-order valence-electron chi connectivity index (χ4n) is 2.18. The summed E-state index contributed by atoms with van der Waals surface area (Å²) in [6.07, 6.45) is 2.13. The fraction of sp³-hybridized carbons (Fsp3) is 0.545. The SMILES string of the molecule is O=C(O)c1sccc1S(=O)(=O)NC1CCCCC1O. The van der Waals surface area contributed by atoms with E-state index in [-0.39, 0.29) is 9.77 Å². The van der Waals surface area contributed by atoms with E-state index >= 15 is 0 Å². The number of thiophene rings is 1. The van der Waals surface area contributed by atoms with E-state index in [9.17, 15) is 18.3 Å². The molecule has 0 aliphatic heterocycles. The van der Waals surface area contributed by atoms with Gasteiger partial charge in [-0.15, -0.1) is 11.3 Å². The highest BCUT2D eigenvalue weighted by Gasteiger charge is 2.30. The van der Waals surface area contributed by atoms with Crippen LogP contribution in [0.2, 0.25) is 0 Å². The number of nitrogens with one attached hydrogen (secondary N) is 1. The lowest BCUT2D eigenvalue weighted by atomic mass is 9.93. The molecule has 2 unspecified atom stereocenters. The van der Waals surface area contributed by atoms with Crippen molar-refractivity contribution in [2.45, 2.75) is 42.7 Å². The zero-order valence-electron chi connectivity index (χ0n) is 10.1. The maximum atomic E-state index is 12.2. The summed E-state index contributed by atoms with van der Waals surface area (Å²) >= 11 is 0.866. The van der Waals surface area contributed by atoms with E-state index in [4.69, 9.17) is 5.11 Å². The van der Waals surface area contributed by atoms with Crippen LogP contribution in [0.25, 0.3) is 0 Å². The molecule has 2 atom stereocenters. The minimum absolute atomic E-state index is 0.210. The normalized spacial score (nSPS) is 24.3. The molecular weight excluding hydrogens is 290 g/mol. The Labute approximate surface area is 115 Å². The Balaban J connectivity index is 2.22. The van der Waals surface area contributed by atoms with Gasteiger partial charge in [-0.2, -0.15) is 0 Å². The Bertz CT molecular complexity index is 565. The molecule has 0 radical (unpaired) electrons. The highest BCUT2D eigenvalue weighted by atomic mass is 32.2. The summed E-state index contributed by atoms with van der Waals surface area (Å²) in [5, 5.41) is 20.1. The molecule has 3 N–H and O–H groups in total. The Hall–Kier alpha value is -0.960. The van der Waals surface area contributed by atoms with Gasteiger partial charge < -0.3 is 10.2 Å². The van der Waals surface area contributed by atoms with Gasteiger partial charge in [0, 0.05) is 6.04 Å². The van der Waals surface area contributed by atoms with Crippen molar-refractivity contribution in [2.24, 2.45) is 0 Å². The summed E-state index contributed by atoms with van der Waals surface area (Å²) in [6, 6.07) is 0.728. The van der Waals surface area contributed by atoms with Crippen LogP contribution in [-0.4, -0.2) is 36.7 Å². The van der Waals surface area contributed by atoms with Gasteiger partial charge in [0.15, 0.2) is 0 Å². The Kier molecular flexibility index (Phi) is 4.24. The van der Waals surface area contributed by atoms with Gasteiger partial charge in [-0.1, -0.05) is 12.8 Å². The Morgan fingerprint density at radius 2 is 2.05 bits per heavy atom. The van der Waals surface area contributed by atoms with Gasteiger partial charge in [-0.3, -0.25) is 0 Å². The largest absolute Gasteiger partial charge is 0.477 e. The predicted molar refractivity (Wildman–Crippen MR) is 69.9 cm³/mol. The van der Waals surface area contributed by atoms with E-state index in [1.807, 2.05) is 0 Å². The molecule has 1 aromatic heterocycles. The average Bonchev–Trinajstić information content (AvgIpc) is 2.82. The third-order valence-corrected chi connectivity index (χ3v) is 5.71. The van der Waals surface area contributed by atoms with Gasteiger partial charge in [0.2, 0.25) is 10.0 Å². The maximum absolute atomic E-state index is 12.2. The van der Waals surface area contributed by atoms with Crippen LogP contribution in [-0.2, 0) is 10.0 Å². The number of aliphatic hydroxyl groups is 1. The molecule has 1 aromatic rings. The highest BCUT2D eigenvalue weighted by molar-refractivity contribution is 7.89. The molecule has 19 heavy (non-hydrogen) atoms. The molecule has 6 nitrogen and oxygen atoms in total. The second-order valence-corrected chi connectivity index (χ2v) is 7.10. The first-order valence-corrected chi connectivity index (χ1v) is 8.29. The van der Waals surface area contributed by atoms with E-state index in [1.165, 1.54) is 11.4 Å². The topological polar surface area (TPSA) is 104 Å². The maximum Gasteiger partial charge on any atom is 0.347 e. The van der Waals surface area contributed by atoms with Crippen LogP contribution in [0.15, 0.2) is 16.3 Å². The van der Waals surface area contributed by atoms with E-state index in [2.05, 4.69) is 4.72 Å². The number of hydrogen-bond acceptors (Lipinski definition) is 5. The molecule has 0 saturated heterocycles.